The van der Waals surface area contributed by atoms with Crippen molar-refractivity contribution in [2.75, 3.05) is 0 Å². The minimum absolute atomic E-state index is 0.0119. The molecule has 142 valence electrons. The van der Waals surface area contributed by atoms with E-state index in [9.17, 15) is 18.0 Å². The van der Waals surface area contributed by atoms with Gasteiger partial charge in [-0.15, -0.1) is 10.2 Å². The van der Waals surface area contributed by atoms with Gasteiger partial charge in [-0.25, -0.2) is 0 Å². The molecule has 0 aliphatic heterocycles. The van der Waals surface area contributed by atoms with Gasteiger partial charge in [0.2, 0.25) is 5.91 Å². The predicted molar refractivity (Wildman–Crippen MR) is 89.0 cm³/mol. The summed E-state index contributed by atoms with van der Waals surface area (Å²) in [5.74, 6) is 0.345. The van der Waals surface area contributed by atoms with Gasteiger partial charge >= 0.3 is 6.18 Å². The van der Waals surface area contributed by atoms with Crippen LogP contribution in [0.15, 0.2) is 24.7 Å². The van der Waals surface area contributed by atoms with E-state index in [1.54, 1.807) is 6.20 Å². The van der Waals surface area contributed by atoms with Gasteiger partial charge in [0.05, 0.1) is 23.3 Å². The van der Waals surface area contributed by atoms with Crippen molar-refractivity contribution in [1.82, 2.24) is 29.7 Å². The average molecular weight is 399 g/mol. The summed E-state index contributed by atoms with van der Waals surface area (Å²) < 4.78 is 41.5. The molecule has 0 saturated heterocycles. The van der Waals surface area contributed by atoms with Crippen LogP contribution in [0.25, 0.3) is 5.65 Å². The molecule has 1 aliphatic carbocycles. The first kappa shape index (κ1) is 17.8. The van der Waals surface area contributed by atoms with Crippen molar-refractivity contribution in [3.05, 3.63) is 46.6 Å². The van der Waals surface area contributed by atoms with Gasteiger partial charge in [0, 0.05) is 12.4 Å². The Bertz CT molecular complexity index is 1010. The molecule has 0 aromatic carbocycles. The molecule has 11 heteroatoms. The molecule has 3 aromatic rings. The lowest BCUT2D eigenvalue weighted by atomic mass is 10.2. The van der Waals surface area contributed by atoms with Crippen molar-refractivity contribution in [3.8, 4) is 0 Å². The Labute approximate surface area is 156 Å². The van der Waals surface area contributed by atoms with Crippen LogP contribution in [0.5, 0.6) is 0 Å². The molecule has 0 bridgehead atoms. The van der Waals surface area contributed by atoms with Crippen molar-refractivity contribution in [3.63, 3.8) is 0 Å². The van der Waals surface area contributed by atoms with E-state index in [0.717, 1.165) is 35.1 Å². The average Bonchev–Trinajstić information content (AvgIpc) is 3.20. The Morgan fingerprint density at radius 2 is 2.07 bits per heavy atom. The lowest BCUT2D eigenvalue weighted by Gasteiger charge is -2.09. The maximum atomic E-state index is 13.0. The number of halogens is 4. The van der Waals surface area contributed by atoms with Crippen LogP contribution in [0.4, 0.5) is 13.2 Å². The monoisotopic (exact) mass is 398 g/mol. The van der Waals surface area contributed by atoms with E-state index < -0.39 is 11.7 Å². The number of amides is 1. The molecular formula is C16H14ClF3N6O. The Balaban J connectivity index is 1.46. The normalized spacial score (nSPS) is 14.7. The summed E-state index contributed by atoms with van der Waals surface area (Å²) in [6.07, 6.45) is 2.16. The number of rotatable bonds is 5. The summed E-state index contributed by atoms with van der Waals surface area (Å²) in [6, 6.07) is 0.795. The quantitative estimate of drug-likeness (QED) is 0.717. The van der Waals surface area contributed by atoms with Gasteiger partial charge < -0.3 is 5.32 Å². The summed E-state index contributed by atoms with van der Waals surface area (Å²) in [7, 11) is 0. The third-order valence-corrected chi connectivity index (χ3v) is 4.59. The van der Waals surface area contributed by atoms with Crippen LogP contribution in [0.2, 0.25) is 5.02 Å². The van der Waals surface area contributed by atoms with Gasteiger partial charge in [0.25, 0.3) is 0 Å². The molecular weight excluding hydrogens is 385 g/mol. The molecule has 4 rings (SSSR count). The Morgan fingerprint density at radius 3 is 2.78 bits per heavy atom. The van der Waals surface area contributed by atoms with Crippen LogP contribution in [-0.2, 0) is 24.1 Å². The van der Waals surface area contributed by atoms with E-state index in [-0.39, 0.29) is 35.5 Å². The minimum atomic E-state index is -4.55. The first-order chi connectivity index (χ1) is 12.8. The Kier molecular flexibility index (Phi) is 4.29. The Morgan fingerprint density at radius 1 is 1.30 bits per heavy atom. The summed E-state index contributed by atoms with van der Waals surface area (Å²) in [5.41, 5.74) is 0.284. The zero-order chi connectivity index (χ0) is 19.2. The van der Waals surface area contributed by atoms with Gasteiger partial charge in [0.15, 0.2) is 11.5 Å². The zero-order valence-electron chi connectivity index (χ0n) is 13.9. The van der Waals surface area contributed by atoms with Crippen LogP contribution < -0.4 is 5.32 Å². The summed E-state index contributed by atoms with van der Waals surface area (Å²) in [4.78, 5) is 12.1. The molecule has 0 atom stereocenters. The molecule has 0 spiro atoms. The van der Waals surface area contributed by atoms with E-state index in [1.165, 1.54) is 4.68 Å². The van der Waals surface area contributed by atoms with Crippen LogP contribution in [-0.4, -0.2) is 30.3 Å². The first-order valence-corrected chi connectivity index (χ1v) is 8.58. The predicted octanol–water partition coefficient (Wildman–Crippen LogP) is 2.79. The summed E-state index contributed by atoms with van der Waals surface area (Å²) in [6.45, 7) is -0.0770. The smallest absolute Gasteiger partial charge is 0.347 e. The Hall–Kier alpha value is -2.62. The molecule has 3 heterocycles. The second-order valence-electron chi connectivity index (χ2n) is 6.41. The molecule has 1 fully saturated rings. The number of hydrogen-bond donors (Lipinski definition) is 1. The zero-order valence-corrected chi connectivity index (χ0v) is 14.6. The molecule has 1 N–H and O–H groups in total. The number of pyridine rings is 1. The first-order valence-electron chi connectivity index (χ1n) is 8.20. The molecule has 3 aromatic heterocycles. The number of nitrogens with one attached hydrogen (secondary N) is 1. The molecule has 7 nitrogen and oxygen atoms in total. The van der Waals surface area contributed by atoms with E-state index in [4.69, 9.17) is 11.6 Å². The second-order valence-corrected chi connectivity index (χ2v) is 6.81. The van der Waals surface area contributed by atoms with Gasteiger partial charge in [-0.2, -0.15) is 18.3 Å². The maximum absolute atomic E-state index is 13.0. The molecule has 0 radical (unpaired) electrons. The standard InChI is InChI=1S/C16H14ClF3N6O/c17-12-3-11(16(18,19)20)7-26-13(23-24-15(12)26)5-21-14(27)8-25-6-10(4-22-25)9-1-2-9/h3-4,6-7,9H,1-2,5,8H2,(H,21,27). The molecule has 1 amide bonds. The van der Waals surface area contributed by atoms with Gasteiger partial charge in [-0.3, -0.25) is 13.9 Å². The number of carbonyl (C=O) groups excluding carboxylic acids is 1. The van der Waals surface area contributed by atoms with E-state index in [0.29, 0.717) is 5.92 Å². The van der Waals surface area contributed by atoms with Gasteiger partial charge in [-0.1, -0.05) is 11.6 Å². The minimum Gasteiger partial charge on any atom is -0.347 e. The third kappa shape index (κ3) is 3.75. The fourth-order valence-electron chi connectivity index (χ4n) is 2.75. The van der Waals surface area contributed by atoms with Crippen LogP contribution >= 0.6 is 11.6 Å². The topological polar surface area (TPSA) is 77.1 Å². The van der Waals surface area contributed by atoms with Crippen molar-refractivity contribution < 1.29 is 18.0 Å². The third-order valence-electron chi connectivity index (χ3n) is 4.31. The number of fused-ring (bicyclic) bond motifs is 1. The largest absolute Gasteiger partial charge is 0.417 e. The lowest BCUT2D eigenvalue weighted by Crippen LogP contribution is -2.28. The molecule has 1 aliphatic rings. The number of aromatic nitrogens is 5. The molecule has 0 unspecified atom stereocenters. The van der Waals surface area contributed by atoms with Crippen molar-refractivity contribution in [2.24, 2.45) is 0 Å². The highest BCUT2D eigenvalue weighted by Gasteiger charge is 2.32. The van der Waals surface area contributed by atoms with Gasteiger partial charge in [0.1, 0.15) is 6.54 Å². The van der Waals surface area contributed by atoms with Crippen molar-refractivity contribution in [2.45, 2.75) is 38.0 Å². The maximum Gasteiger partial charge on any atom is 0.417 e. The number of carbonyl (C=O) groups is 1. The fourth-order valence-corrected chi connectivity index (χ4v) is 3.00. The SMILES string of the molecule is O=C(Cn1cc(C2CC2)cn1)NCc1nnc2c(Cl)cc(C(F)(F)F)cn12. The highest BCUT2D eigenvalue weighted by Crippen LogP contribution is 2.39. The lowest BCUT2D eigenvalue weighted by molar-refractivity contribution is -0.137. The van der Waals surface area contributed by atoms with Crippen LogP contribution in [0.3, 0.4) is 0 Å². The summed E-state index contributed by atoms with van der Waals surface area (Å²) >= 11 is 5.86. The highest BCUT2D eigenvalue weighted by molar-refractivity contribution is 6.33. The van der Waals surface area contributed by atoms with E-state index in [2.05, 4.69) is 20.6 Å². The van der Waals surface area contributed by atoms with E-state index >= 15 is 0 Å². The molecule has 27 heavy (non-hydrogen) atoms. The highest BCUT2D eigenvalue weighted by atomic mass is 35.5. The number of alkyl halides is 3. The van der Waals surface area contributed by atoms with Crippen molar-refractivity contribution in [1.29, 1.82) is 0 Å². The fraction of sp³-hybridized carbons (Fsp3) is 0.375. The second kappa shape index (κ2) is 6.52. The summed E-state index contributed by atoms with van der Waals surface area (Å²) in [5, 5.41) is 14.2. The van der Waals surface area contributed by atoms with Crippen LogP contribution in [0.1, 0.15) is 35.7 Å². The molecule has 1 saturated carbocycles. The number of hydrogen-bond acceptors (Lipinski definition) is 4. The van der Waals surface area contributed by atoms with Crippen LogP contribution in [0, 0.1) is 0 Å². The van der Waals surface area contributed by atoms with Gasteiger partial charge in [-0.05, 0) is 30.4 Å². The van der Waals surface area contributed by atoms with Crippen molar-refractivity contribution >= 4 is 23.2 Å². The number of nitrogens with zero attached hydrogens (tertiary/aromatic N) is 5. The van der Waals surface area contributed by atoms with E-state index in [1.807, 2.05) is 6.20 Å².